The van der Waals surface area contributed by atoms with Gasteiger partial charge in [-0.25, -0.2) is 8.42 Å². The van der Waals surface area contributed by atoms with Crippen LogP contribution >= 0.6 is 10.7 Å². The summed E-state index contributed by atoms with van der Waals surface area (Å²) >= 11 is 0. The number of unbranched alkanes of at least 4 members (excludes halogenated alkanes) is 2. The second kappa shape index (κ2) is 6.17. The van der Waals surface area contributed by atoms with E-state index < -0.39 is 9.05 Å². The second-order valence-corrected chi connectivity index (χ2v) is 6.41. The van der Waals surface area contributed by atoms with Crippen LogP contribution in [0.1, 0.15) is 43.0 Å². The Kier molecular flexibility index (Phi) is 5.15. The molecule has 0 bridgehead atoms. The lowest BCUT2D eigenvalue weighted by atomic mass is 10.1. The van der Waals surface area contributed by atoms with Gasteiger partial charge in [-0.15, -0.1) is 0 Å². The number of carbonyl (C=O) groups is 1. The summed E-state index contributed by atoms with van der Waals surface area (Å²) in [5.74, 6) is -0.0411. The highest BCUT2D eigenvalue weighted by Crippen LogP contribution is 2.17. The Bertz CT molecular complexity index is 494. The minimum Gasteiger partial charge on any atom is -0.294 e. The number of Topliss-reactive ketones (excluding diaryl/α,β-unsaturated/α-hetero) is 1. The summed E-state index contributed by atoms with van der Waals surface area (Å²) in [6, 6.07) is 5.85. The molecular weight excluding hydrogens is 260 g/mol. The van der Waals surface area contributed by atoms with Crippen molar-refractivity contribution in [2.75, 3.05) is 0 Å². The highest BCUT2D eigenvalue weighted by atomic mass is 35.7. The molecule has 0 heterocycles. The van der Waals surface area contributed by atoms with E-state index in [1.165, 1.54) is 18.2 Å². The maximum absolute atomic E-state index is 11.8. The van der Waals surface area contributed by atoms with Crippen LogP contribution in [-0.2, 0) is 9.05 Å². The zero-order chi connectivity index (χ0) is 12.9. The Morgan fingerprint density at radius 1 is 1.29 bits per heavy atom. The zero-order valence-electron chi connectivity index (χ0n) is 9.65. The summed E-state index contributed by atoms with van der Waals surface area (Å²) in [7, 11) is 1.46. The van der Waals surface area contributed by atoms with Crippen molar-refractivity contribution in [2.24, 2.45) is 0 Å². The molecule has 0 amide bonds. The van der Waals surface area contributed by atoms with Crippen molar-refractivity contribution in [1.82, 2.24) is 0 Å². The van der Waals surface area contributed by atoms with Crippen LogP contribution in [-0.4, -0.2) is 14.2 Å². The van der Waals surface area contributed by atoms with Gasteiger partial charge in [-0.1, -0.05) is 31.9 Å². The van der Waals surface area contributed by atoms with Gasteiger partial charge in [0, 0.05) is 22.7 Å². The smallest absolute Gasteiger partial charge is 0.261 e. The number of rotatable bonds is 6. The minimum absolute atomic E-state index is 0.0273. The first-order chi connectivity index (χ1) is 7.95. The molecule has 0 saturated carbocycles. The maximum atomic E-state index is 11.8. The molecule has 0 spiro atoms. The first kappa shape index (κ1) is 14.2. The van der Waals surface area contributed by atoms with Crippen LogP contribution in [0.2, 0.25) is 0 Å². The lowest BCUT2D eigenvalue weighted by molar-refractivity contribution is 0.0979. The molecule has 0 aromatic heterocycles. The number of halogens is 1. The Hall–Kier alpha value is -0.870. The first-order valence-corrected chi connectivity index (χ1v) is 7.84. The van der Waals surface area contributed by atoms with E-state index in [0.29, 0.717) is 12.0 Å². The van der Waals surface area contributed by atoms with Crippen LogP contribution < -0.4 is 0 Å². The van der Waals surface area contributed by atoms with E-state index in [-0.39, 0.29) is 10.7 Å². The Labute approximate surface area is 106 Å². The van der Waals surface area contributed by atoms with Crippen molar-refractivity contribution in [1.29, 1.82) is 0 Å². The highest BCUT2D eigenvalue weighted by Gasteiger charge is 2.12. The molecule has 3 nitrogen and oxygen atoms in total. The summed E-state index contributed by atoms with van der Waals surface area (Å²) in [4.78, 5) is 11.7. The van der Waals surface area contributed by atoms with E-state index in [0.717, 1.165) is 19.3 Å². The maximum Gasteiger partial charge on any atom is 0.261 e. The fourth-order valence-electron chi connectivity index (χ4n) is 1.50. The molecule has 17 heavy (non-hydrogen) atoms. The summed E-state index contributed by atoms with van der Waals surface area (Å²) in [6.45, 7) is 2.06. The molecule has 0 aliphatic rings. The van der Waals surface area contributed by atoms with E-state index in [4.69, 9.17) is 10.7 Å². The molecule has 0 saturated heterocycles. The number of benzene rings is 1. The van der Waals surface area contributed by atoms with Crippen molar-refractivity contribution in [3.8, 4) is 0 Å². The normalized spacial score (nSPS) is 11.4. The molecule has 1 aromatic rings. The number of hydrogen-bond acceptors (Lipinski definition) is 3. The molecule has 1 aromatic carbocycles. The van der Waals surface area contributed by atoms with Crippen molar-refractivity contribution in [2.45, 2.75) is 37.5 Å². The number of hydrogen-bond donors (Lipinski definition) is 0. The molecule has 0 fully saturated rings. The highest BCUT2D eigenvalue weighted by molar-refractivity contribution is 8.13. The van der Waals surface area contributed by atoms with Crippen molar-refractivity contribution in [3.63, 3.8) is 0 Å². The van der Waals surface area contributed by atoms with Gasteiger partial charge >= 0.3 is 0 Å². The van der Waals surface area contributed by atoms with Crippen LogP contribution in [0.25, 0.3) is 0 Å². The third-order valence-corrected chi connectivity index (χ3v) is 3.80. The first-order valence-electron chi connectivity index (χ1n) is 5.53. The van der Waals surface area contributed by atoms with Gasteiger partial charge in [-0.3, -0.25) is 4.79 Å². The minimum atomic E-state index is -3.76. The quantitative estimate of drug-likeness (QED) is 0.454. The van der Waals surface area contributed by atoms with Crippen LogP contribution in [0.4, 0.5) is 0 Å². The molecule has 0 unspecified atom stereocenters. The van der Waals surface area contributed by atoms with Gasteiger partial charge in [0.15, 0.2) is 5.78 Å². The van der Waals surface area contributed by atoms with Crippen molar-refractivity contribution < 1.29 is 13.2 Å². The van der Waals surface area contributed by atoms with E-state index >= 15 is 0 Å². The Balaban J connectivity index is 2.82. The fraction of sp³-hybridized carbons (Fsp3) is 0.417. The summed E-state index contributed by atoms with van der Waals surface area (Å²) in [5.41, 5.74) is 0.405. The molecule has 0 aliphatic heterocycles. The van der Waals surface area contributed by atoms with Gasteiger partial charge in [0.25, 0.3) is 9.05 Å². The van der Waals surface area contributed by atoms with Crippen LogP contribution in [0.15, 0.2) is 29.2 Å². The average molecular weight is 275 g/mol. The summed E-state index contributed by atoms with van der Waals surface area (Å²) < 4.78 is 22.2. The van der Waals surface area contributed by atoms with Gasteiger partial charge in [-0.05, 0) is 18.6 Å². The SMILES string of the molecule is CCCCCC(=O)c1cccc(S(=O)(=O)Cl)c1. The fourth-order valence-corrected chi connectivity index (χ4v) is 2.30. The molecule has 0 atom stereocenters. The molecule has 94 valence electrons. The van der Waals surface area contributed by atoms with E-state index in [1.807, 2.05) is 0 Å². The standard InChI is InChI=1S/C12H15ClO3S/c1-2-3-4-8-12(14)10-6-5-7-11(9-10)17(13,15)16/h5-7,9H,2-4,8H2,1H3. The van der Waals surface area contributed by atoms with Gasteiger partial charge in [0.1, 0.15) is 0 Å². The molecular formula is C12H15ClO3S. The van der Waals surface area contributed by atoms with Gasteiger partial charge in [0.2, 0.25) is 0 Å². The second-order valence-electron chi connectivity index (χ2n) is 3.85. The third-order valence-electron chi connectivity index (χ3n) is 2.44. The Morgan fingerprint density at radius 2 is 2.00 bits per heavy atom. The molecule has 1 rings (SSSR count). The lowest BCUT2D eigenvalue weighted by Gasteiger charge is -2.02. The van der Waals surface area contributed by atoms with Crippen LogP contribution in [0.5, 0.6) is 0 Å². The van der Waals surface area contributed by atoms with E-state index in [1.54, 1.807) is 6.07 Å². The van der Waals surface area contributed by atoms with E-state index in [2.05, 4.69) is 6.92 Å². The molecule has 0 aliphatic carbocycles. The molecule has 0 radical (unpaired) electrons. The predicted molar refractivity (Wildman–Crippen MR) is 68.0 cm³/mol. The Morgan fingerprint density at radius 3 is 2.59 bits per heavy atom. The predicted octanol–water partition coefficient (Wildman–Crippen LogP) is 3.38. The van der Waals surface area contributed by atoms with Gasteiger partial charge in [0.05, 0.1) is 4.90 Å². The molecule has 0 N–H and O–H groups in total. The monoisotopic (exact) mass is 274 g/mol. The number of ketones is 1. The summed E-state index contributed by atoms with van der Waals surface area (Å²) in [5, 5.41) is 0. The molecule has 5 heteroatoms. The topological polar surface area (TPSA) is 51.2 Å². The van der Waals surface area contributed by atoms with E-state index in [9.17, 15) is 13.2 Å². The lowest BCUT2D eigenvalue weighted by Crippen LogP contribution is -2.01. The summed E-state index contributed by atoms with van der Waals surface area (Å²) in [6.07, 6.45) is 3.31. The average Bonchev–Trinajstić information content (AvgIpc) is 2.28. The van der Waals surface area contributed by atoms with Crippen LogP contribution in [0, 0.1) is 0 Å². The number of carbonyl (C=O) groups excluding carboxylic acids is 1. The largest absolute Gasteiger partial charge is 0.294 e. The zero-order valence-corrected chi connectivity index (χ0v) is 11.2. The van der Waals surface area contributed by atoms with Gasteiger partial charge in [-0.2, -0.15) is 0 Å². The van der Waals surface area contributed by atoms with Crippen molar-refractivity contribution in [3.05, 3.63) is 29.8 Å². The third kappa shape index (κ3) is 4.48. The van der Waals surface area contributed by atoms with Crippen molar-refractivity contribution >= 4 is 25.5 Å². The van der Waals surface area contributed by atoms with Crippen LogP contribution in [0.3, 0.4) is 0 Å². The van der Waals surface area contributed by atoms with Gasteiger partial charge < -0.3 is 0 Å².